The van der Waals surface area contributed by atoms with Gasteiger partial charge in [-0.3, -0.25) is 0 Å². The third-order valence-electron chi connectivity index (χ3n) is 7.96. The molecule has 0 aliphatic carbocycles. The van der Waals surface area contributed by atoms with E-state index in [1.807, 2.05) is 0 Å². The lowest BCUT2D eigenvalue weighted by Crippen LogP contribution is -2.64. The summed E-state index contributed by atoms with van der Waals surface area (Å²) in [5, 5.41) is 153. The largest absolute Gasteiger partial charge is 0.412 e. The molecule has 4 heterocycles. The Labute approximate surface area is 270 Å². The summed E-state index contributed by atoms with van der Waals surface area (Å²) in [7, 11) is 0. The highest BCUT2D eigenvalue weighted by Gasteiger charge is 2.51. The molecule has 4 rings (SSSR count). The minimum absolute atomic E-state index is 0. The van der Waals surface area contributed by atoms with Gasteiger partial charge in [-0.15, -0.1) is 0 Å². The predicted octanol–water partition coefficient (Wildman–Crippen LogP) is -12.4. The van der Waals surface area contributed by atoms with Crippen LogP contribution in [-0.4, -0.2) is 242 Å². The summed E-state index contributed by atoms with van der Waals surface area (Å²) in [6, 6.07) is 0. The van der Waals surface area contributed by atoms with Crippen molar-refractivity contribution in [3.05, 3.63) is 0 Å². The summed E-state index contributed by atoms with van der Waals surface area (Å²) in [6.07, 6.45) is -31.1. The van der Waals surface area contributed by atoms with Crippen LogP contribution in [0.15, 0.2) is 0 Å². The first-order valence-electron chi connectivity index (χ1n) is 14.2. The van der Waals surface area contributed by atoms with Crippen LogP contribution in [0.25, 0.3) is 0 Å². The van der Waals surface area contributed by atoms with E-state index in [0.717, 1.165) is 0 Å². The Balaban J connectivity index is 0.000000461. The van der Waals surface area contributed by atoms with Crippen LogP contribution in [0.5, 0.6) is 0 Å². The molecular formula is C24H48O24. The fourth-order valence-electron chi connectivity index (χ4n) is 5.14. The molecule has 0 unspecified atom stereocenters. The van der Waals surface area contributed by atoms with Crippen molar-refractivity contribution in [3.63, 3.8) is 0 Å². The summed E-state index contributed by atoms with van der Waals surface area (Å²) in [5.74, 6) is 0. The second-order valence-electron chi connectivity index (χ2n) is 11.1. The maximum absolute atomic E-state index is 9.94. The van der Waals surface area contributed by atoms with E-state index in [2.05, 4.69) is 0 Å². The Morgan fingerprint density at radius 1 is 0.333 bits per heavy atom. The van der Waals surface area contributed by atoms with Crippen LogP contribution in [0.4, 0.5) is 0 Å². The SMILES string of the molecule is O.O.OC[C@H]1O[C@@H](O[C@H]2[C@H](O)[C@@H](O)[C@H](O)O[C@@H]2CO)[C@H](O)[C@@H](O)[C@H]1O.OC[C@H]1O[C@@H](O[C@H]2[C@H](O)[C@@H](O)[C@H](O)O[C@@H]2CO)[C@H](O)[C@@H](O)[C@H]1O. The number of ether oxygens (including phenoxy) is 6. The third kappa shape index (κ3) is 9.67. The second kappa shape index (κ2) is 19.6. The van der Waals surface area contributed by atoms with E-state index in [9.17, 15) is 71.5 Å². The molecule has 24 nitrogen and oxygen atoms in total. The molecule has 0 amide bonds. The summed E-state index contributed by atoms with van der Waals surface area (Å²) < 4.78 is 30.5. The van der Waals surface area contributed by atoms with Crippen LogP contribution in [0.3, 0.4) is 0 Å². The zero-order valence-corrected chi connectivity index (χ0v) is 25.0. The molecule has 0 saturated carbocycles. The number of aliphatic hydroxyl groups excluding tert-OH is 16. The van der Waals surface area contributed by atoms with E-state index in [0.29, 0.717) is 0 Å². The summed E-state index contributed by atoms with van der Waals surface area (Å²) in [6.45, 7) is -2.69. The topological polar surface area (TPSA) is 442 Å². The van der Waals surface area contributed by atoms with Crippen molar-refractivity contribution in [2.45, 2.75) is 123 Å². The summed E-state index contributed by atoms with van der Waals surface area (Å²) in [4.78, 5) is 0. The minimum Gasteiger partial charge on any atom is -0.412 e. The van der Waals surface area contributed by atoms with Crippen LogP contribution >= 0.6 is 0 Å². The van der Waals surface area contributed by atoms with Crippen molar-refractivity contribution in [2.24, 2.45) is 0 Å². The van der Waals surface area contributed by atoms with Gasteiger partial charge in [0.1, 0.15) is 97.7 Å². The molecule has 24 heteroatoms. The van der Waals surface area contributed by atoms with Crippen molar-refractivity contribution in [3.8, 4) is 0 Å². The van der Waals surface area contributed by atoms with Crippen molar-refractivity contribution in [2.75, 3.05) is 26.4 Å². The fourth-order valence-corrected chi connectivity index (χ4v) is 5.14. The van der Waals surface area contributed by atoms with Crippen molar-refractivity contribution < 1.29 is 121 Å². The Bertz CT molecular complexity index is 828. The molecule has 4 aliphatic heterocycles. The molecule has 4 fully saturated rings. The van der Waals surface area contributed by atoms with E-state index in [1.165, 1.54) is 0 Å². The normalized spacial score (nSPS) is 49.5. The van der Waals surface area contributed by atoms with Gasteiger partial charge in [0.15, 0.2) is 25.2 Å². The third-order valence-corrected chi connectivity index (χ3v) is 7.96. The minimum atomic E-state index is -1.74. The second-order valence-corrected chi connectivity index (χ2v) is 11.1. The van der Waals surface area contributed by atoms with Gasteiger partial charge in [0.05, 0.1) is 26.4 Å². The number of rotatable bonds is 8. The monoisotopic (exact) mass is 720 g/mol. The first kappa shape index (κ1) is 45.1. The van der Waals surface area contributed by atoms with E-state index in [4.69, 9.17) is 38.6 Å². The van der Waals surface area contributed by atoms with Crippen LogP contribution in [0.1, 0.15) is 0 Å². The maximum Gasteiger partial charge on any atom is 0.187 e. The molecule has 4 aliphatic rings. The van der Waals surface area contributed by atoms with Gasteiger partial charge in [-0.05, 0) is 0 Å². The van der Waals surface area contributed by atoms with E-state index in [-0.39, 0.29) is 11.0 Å². The Kier molecular flexibility index (Phi) is 18.4. The average Bonchev–Trinajstić information content (AvgIpc) is 3.05. The molecule has 288 valence electrons. The highest BCUT2D eigenvalue weighted by molar-refractivity contribution is 4.95. The van der Waals surface area contributed by atoms with Gasteiger partial charge in [-0.25, -0.2) is 0 Å². The van der Waals surface area contributed by atoms with Gasteiger partial charge in [0.25, 0.3) is 0 Å². The molecule has 20 atom stereocenters. The lowest BCUT2D eigenvalue weighted by molar-refractivity contribution is -0.355. The van der Waals surface area contributed by atoms with Crippen LogP contribution in [0.2, 0.25) is 0 Å². The molecule has 0 bridgehead atoms. The molecule has 0 aromatic heterocycles. The zero-order valence-electron chi connectivity index (χ0n) is 25.0. The van der Waals surface area contributed by atoms with Gasteiger partial charge in [-0.2, -0.15) is 0 Å². The van der Waals surface area contributed by atoms with Gasteiger partial charge < -0.3 is 121 Å². The van der Waals surface area contributed by atoms with Crippen LogP contribution < -0.4 is 0 Å². The molecule has 0 aromatic rings. The highest BCUT2D eigenvalue weighted by Crippen LogP contribution is 2.30. The average molecular weight is 721 g/mol. The van der Waals surface area contributed by atoms with Gasteiger partial charge in [0.2, 0.25) is 0 Å². The molecule has 0 radical (unpaired) electrons. The standard InChI is InChI=1S/2C12H22O11.2H2O/c2*13-1-3-5(15)6(16)9(19)12(22-3)23-10-4(2-14)21-11(20)8(18)7(10)17;;/h2*3-20H,1-2H2;2*1H2/t2*3-,4-,5+,6+,7-,8-,9-,10-,11-,12+;;/m11../s1. The Hall–Kier alpha value is -0.960. The first-order chi connectivity index (χ1) is 21.6. The molecule has 20 N–H and O–H groups in total. The zero-order chi connectivity index (χ0) is 34.6. The maximum atomic E-state index is 9.94. The first-order valence-corrected chi connectivity index (χ1v) is 14.2. The summed E-state index contributed by atoms with van der Waals surface area (Å²) in [5.41, 5.74) is 0. The Morgan fingerprint density at radius 2 is 0.625 bits per heavy atom. The lowest BCUT2D eigenvalue weighted by Gasteiger charge is -2.45. The molecular weight excluding hydrogens is 672 g/mol. The number of hydrogen-bond acceptors (Lipinski definition) is 22. The fraction of sp³-hybridized carbons (Fsp3) is 1.00. The number of aliphatic hydroxyl groups is 16. The van der Waals surface area contributed by atoms with E-state index < -0.39 is 149 Å². The van der Waals surface area contributed by atoms with E-state index in [1.54, 1.807) is 0 Å². The quantitative estimate of drug-likeness (QED) is 0.111. The smallest absolute Gasteiger partial charge is 0.187 e. The van der Waals surface area contributed by atoms with Crippen LogP contribution in [0, 0.1) is 0 Å². The van der Waals surface area contributed by atoms with Gasteiger partial charge in [-0.1, -0.05) is 0 Å². The molecule has 4 saturated heterocycles. The van der Waals surface area contributed by atoms with Crippen molar-refractivity contribution in [1.82, 2.24) is 0 Å². The van der Waals surface area contributed by atoms with Crippen molar-refractivity contribution in [1.29, 1.82) is 0 Å². The lowest BCUT2D eigenvalue weighted by atomic mass is 9.97. The van der Waals surface area contributed by atoms with E-state index >= 15 is 0 Å². The molecule has 0 aromatic carbocycles. The van der Waals surface area contributed by atoms with Gasteiger partial charge in [0, 0.05) is 0 Å². The van der Waals surface area contributed by atoms with Gasteiger partial charge >= 0.3 is 0 Å². The number of hydrogen-bond donors (Lipinski definition) is 16. The molecule has 48 heavy (non-hydrogen) atoms. The van der Waals surface area contributed by atoms with Crippen molar-refractivity contribution >= 4 is 0 Å². The van der Waals surface area contributed by atoms with Crippen LogP contribution in [-0.2, 0) is 28.4 Å². The summed E-state index contributed by atoms with van der Waals surface area (Å²) >= 11 is 0. The predicted molar refractivity (Wildman–Crippen MR) is 144 cm³/mol. The Morgan fingerprint density at radius 3 is 0.896 bits per heavy atom. The highest BCUT2D eigenvalue weighted by atomic mass is 16.7. The molecule has 0 spiro atoms.